The maximum Gasteiger partial charge on any atom is 0.261 e. The van der Waals surface area contributed by atoms with Crippen LogP contribution in [-0.2, 0) is 6.42 Å². The SMILES string of the molecule is Cc1cccc(CC(C)n2cnc3cc(Cl)ccc3c2=O)n1. The third-order valence-corrected chi connectivity index (χ3v) is 3.91. The molecular weight excluding hydrogens is 298 g/mol. The van der Waals surface area contributed by atoms with Crippen molar-refractivity contribution in [2.75, 3.05) is 0 Å². The average Bonchev–Trinajstić information content (AvgIpc) is 2.47. The molecule has 22 heavy (non-hydrogen) atoms. The first-order chi connectivity index (χ1) is 10.5. The van der Waals surface area contributed by atoms with Crippen LogP contribution in [0.25, 0.3) is 10.9 Å². The van der Waals surface area contributed by atoms with Crippen molar-refractivity contribution in [2.24, 2.45) is 0 Å². The van der Waals surface area contributed by atoms with Crippen LogP contribution in [0.1, 0.15) is 24.4 Å². The van der Waals surface area contributed by atoms with Crippen molar-refractivity contribution in [1.82, 2.24) is 14.5 Å². The zero-order valence-corrected chi connectivity index (χ0v) is 13.2. The van der Waals surface area contributed by atoms with E-state index in [9.17, 15) is 4.79 Å². The third kappa shape index (κ3) is 2.88. The summed E-state index contributed by atoms with van der Waals surface area (Å²) in [4.78, 5) is 21.4. The van der Waals surface area contributed by atoms with Gasteiger partial charge in [0.05, 0.1) is 17.2 Å². The molecule has 0 fully saturated rings. The van der Waals surface area contributed by atoms with E-state index in [0.717, 1.165) is 11.4 Å². The number of rotatable bonds is 3. The number of aromatic nitrogens is 3. The molecule has 1 unspecified atom stereocenters. The van der Waals surface area contributed by atoms with Crippen LogP contribution in [0, 0.1) is 6.92 Å². The molecule has 0 amide bonds. The Bertz CT molecular complexity index is 888. The Morgan fingerprint density at radius 2 is 2.09 bits per heavy atom. The van der Waals surface area contributed by atoms with E-state index in [1.165, 1.54) is 0 Å². The number of pyridine rings is 1. The summed E-state index contributed by atoms with van der Waals surface area (Å²) in [5, 5.41) is 1.16. The topological polar surface area (TPSA) is 47.8 Å². The minimum atomic E-state index is -0.0539. The Labute approximate surface area is 133 Å². The number of aryl methyl sites for hydroxylation is 1. The first-order valence-corrected chi connectivity index (χ1v) is 7.51. The molecule has 1 atom stereocenters. The van der Waals surface area contributed by atoms with E-state index in [4.69, 9.17) is 11.6 Å². The Hall–Kier alpha value is -2.20. The summed E-state index contributed by atoms with van der Waals surface area (Å²) in [5.74, 6) is 0. The summed E-state index contributed by atoms with van der Waals surface area (Å²) in [6.07, 6.45) is 2.27. The average molecular weight is 314 g/mol. The van der Waals surface area contributed by atoms with Gasteiger partial charge in [0, 0.05) is 28.9 Å². The minimum absolute atomic E-state index is 0.0191. The van der Waals surface area contributed by atoms with Crippen LogP contribution in [0.15, 0.2) is 47.5 Å². The fourth-order valence-electron chi connectivity index (χ4n) is 2.54. The highest BCUT2D eigenvalue weighted by atomic mass is 35.5. The molecule has 0 aliphatic rings. The molecular formula is C17H16ClN3O. The fourth-order valence-corrected chi connectivity index (χ4v) is 2.70. The third-order valence-electron chi connectivity index (χ3n) is 3.67. The van der Waals surface area contributed by atoms with Crippen LogP contribution in [-0.4, -0.2) is 14.5 Å². The Morgan fingerprint density at radius 3 is 2.86 bits per heavy atom. The number of halogens is 1. The minimum Gasteiger partial charge on any atom is -0.295 e. The highest BCUT2D eigenvalue weighted by molar-refractivity contribution is 6.31. The molecule has 0 saturated heterocycles. The smallest absolute Gasteiger partial charge is 0.261 e. The normalized spacial score (nSPS) is 12.5. The van der Waals surface area contributed by atoms with Gasteiger partial charge >= 0.3 is 0 Å². The van der Waals surface area contributed by atoms with E-state index in [1.807, 2.05) is 32.0 Å². The Kier molecular flexibility index (Phi) is 3.94. The van der Waals surface area contributed by atoms with Crippen LogP contribution in [0.5, 0.6) is 0 Å². The van der Waals surface area contributed by atoms with Crippen LogP contribution in [0.2, 0.25) is 5.02 Å². The molecule has 0 aliphatic heterocycles. The molecule has 1 aromatic carbocycles. The lowest BCUT2D eigenvalue weighted by molar-refractivity contribution is 0.517. The highest BCUT2D eigenvalue weighted by Crippen LogP contribution is 2.16. The second kappa shape index (κ2) is 5.89. The van der Waals surface area contributed by atoms with Gasteiger partial charge in [-0.3, -0.25) is 14.3 Å². The van der Waals surface area contributed by atoms with Gasteiger partial charge in [0.2, 0.25) is 0 Å². The molecule has 0 N–H and O–H groups in total. The van der Waals surface area contributed by atoms with Gasteiger partial charge in [-0.25, -0.2) is 4.98 Å². The van der Waals surface area contributed by atoms with Crippen molar-refractivity contribution < 1.29 is 0 Å². The van der Waals surface area contributed by atoms with Gasteiger partial charge in [-0.05, 0) is 44.2 Å². The van der Waals surface area contributed by atoms with Crippen molar-refractivity contribution in [3.8, 4) is 0 Å². The predicted octanol–water partition coefficient (Wildman–Crippen LogP) is 3.56. The van der Waals surface area contributed by atoms with Gasteiger partial charge in [-0.15, -0.1) is 0 Å². The Morgan fingerprint density at radius 1 is 1.27 bits per heavy atom. The van der Waals surface area contributed by atoms with Gasteiger partial charge in [0.25, 0.3) is 5.56 Å². The van der Waals surface area contributed by atoms with E-state index in [0.29, 0.717) is 22.3 Å². The van der Waals surface area contributed by atoms with E-state index < -0.39 is 0 Å². The molecule has 0 spiro atoms. The van der Waals surface area contributed by atoms with Crippen molar-refractivity contribution in [2.45, 2.75) is 26.3 Å². The lowest BCUT2D eigenvalue weighted by Crippen LogP contribution is -2.25. The second-order valence-electron chi connectivity index (χ2n) is 5.44. The monoisotopic (exact) mass is 313 g/mol. The summed E-state index contributed by atoms with van der Waals surface area (Å²) < 4.78 is 1.65. The van der Waals surface area contributed by atoms with Gasteiger partial charge in [-0.1, -0.05) is 17.7 Å². The lowest BCUT2D eigenvalue weighted by atomic mass is 10.1. The molecule has 2 heterocycles. The molecule has 0 radical (unpaired) electrons. The first-order valence-electron chi connectivity index (χ1n) is 7.13. The van der Waals surface area contributed by atoms with Crippen molar-refractivity contribution >= 4 is 22.5 Å². The molecule has 0 aliphatic carbocycles. The summed E-state index contributed by atoms with van der Waals surface area (Å²) >= 11 is 5.94. The van der Waals surface area contributed by atoms with E-state index >= 15 is 0 Å². The quantitative estimate of drug-likeness (QED) is 0.743. The van der Waals surface area contributed by atoms with Crippen molar-refractivity contribution in [3.05, 3.63) is 69.5 Å². The molecule has 3 aromatic rings. The zero-order valence-electron chi connectivity index (χ0n) is 12.5. The summed E-state index contributed by atoms with van der Waals surface area (Å²) in [6, 6.07) is 11.0. The highest BCUT2D eigenvalue weighted by Gasteiger charge is 2.12. The van der Waals surface area contributed by atoms with Crippen LogP contribution in [0.3, 0.4) is 0 Å². The standard InChI is InChI=1S/C17H16ClN3O/c1-11-4-3-5-14(20-11)8-12(2)21-10-19-16-9-13(18)6-7-15(16)17(21)22/h3-7,9-10,12H,8H2,1-2H3. The van der Waals surface area contributed by atoms with Gasteiger partial charge in [0.1, 0.15) is 0 Å². The predicted molar refractivity (Wildman–Crippen MR) is 88.4 cm³/mol. The van der Waals surface area contributed by atoms with Gasteiger partial charge in [-0.2, -0.15) is 0 Å². The molecule has 4 nitrogen and oxygen atoms in total. The molecule has 112 valence electrons. The van der Waals surface area contributed by atoms with Crippen molar-refractivity contribution in [3.63, 3.8) is 0 Å². The lowest BCUT2D eigenvalue weighted by Gasteiger charge is -2.15. The maximum atomic E-state index is 12.6. The fraction of sp³-hybridized carbons (Fsp3) is 0.235. The first kappa shape index (κ1) is 14.7. The maximum absolute atomic E-state index is 12.6. The van der Waals surface area contributed by atoms with E-state index in [-0.39, 0.29) is 11.6 Å². The summed E-state index contributed by atoms with van der Waals surface area (Å²) in [6.45, 7) is 3.95. The Balaban J connectivity index is 1.97. The summed E-state index contributed by atoms with van der Waals surface area (Å²) in [5.41, 5.74) is 2.51. The molecule has 0 saturated carbocycles. The molecule has 5 heteroatoms. The van der Waals surface area contributed by atoms with Crippen molar-refractivity contribution in [1.29, 1.82) is 0 Å². The molecule has 0 bridgehead atoms. The van der Waals surface area contributed by atoms with Crippen LogP contribution >= 0.6 is 11.6 Å². The number of nitrogens with zero attached hydrogens (tertiary/aromatic N) is 3. The number of hydrogen-bond acceptors (Lipinski definition) is 3. The number of benzene rings is 1. The van der Waals surface area contributed by atoms with E-state index in [2.05, 4.69) is 9.97 Å². The molecule has 2 aromatic heterocycles. The summed E-state index contributed by atoms with van der Waals surface area (Å²) in [7, 11) is 0. The van der Waals surface area contributed by atoms with Gasteiger partial charge < -0.3 is 0 Å². The van der Waals surface area contributed by atoms with Crippen LogP contribution < -0.4 is 5.56 Å². The van der Waals surface area contributed by atoms with Crippen LogP contribution in [0.4, 0.5) is 0 Å². The largest absolute Gasteiger partial charge is 0.295 e. The number of fused-ring (bicyclic) bond motifs is 1. The second-order valence-corrected chi connectivity index (χ2v) is 5.88. The van der Waals surface area contributed by atoms with Gasteiger partial charge in [0.15, 0.2) is 0 Å². The number of hydrogen-bond donors (Lipinski definition) is 0. The van der Waals surface area contributed by atoms with E-state index in [1.54, 1.807) is 29.1 Å². The molecule has 3 rings (SSSR count). The zero-order chi connectivity index (χ0) is 15.7.